The van der Waals surface area contributed by atoms with Crippen LogP contribution >= 0.6 is 0 Å². The predicted octanol–water partition coefficient (Wildman–Crippen LogP) is 3.56. The maximum Gasteiger partial charge on any atom is 0.201 e. The lowest BCUT2D eigenvalue weighted by atomic mass is 9.95. The molecule has 2 aromatic carbocycles. The van der Waals surface area contributed by atoms with Crippen molar-refractivity contribution in [2.24, 2.45) is 5.92 Å². The van der Waals surface area contributed by atoms with Crippen molar-refractivity contribution in [1.29, 1.82) is 0 Å². The van der Waals surface area contributed by atoms with Crippen molar-refractivity contribution in [3.05, 3.63) is 71.3 Å². The fraction of sp³-hybridized carbons (Fsp3) is 0.364. The summed E-state index contributed by atoms with van der Waals surface area (Å²) in [5, 5.41) is 0. The van der Waals surface area contributed by atoms with Crippen molar-refractivity contribution < 1.29 is 17.9 Å². The van der Waals surface area contributed by atoms with E-state index in [0.717, 1.165) is 30.8 Å². The Bertz CT molecular complexity index is 767. The smallest absolute Gasteiger partial charge is 0.201 e. The van der Waals surface area contributed by atoms with Gasteiger partial charge in [0.15, 0.2) is 0 Å². The lowest BCUT2D eigenvalue weighted by Crippen LogP contribution is -2.19. The average molecular weight is 404 g/mol. The van der Waals surface area contributed by atoms with Crippen LogP contribution < -0.4 is 14.2 Å². The molecule has 0 saturated heterocycles. The number of thiol groups is 1. The number of nitrogens with one attached hydrogen (secondary N) is 1. The summed E-state index contributed by atoms with van der Waals surface area (Å²) < 4.78 is 34.4. The van der Waals surface area contributed by atoms with Gasteiger partial charge in [-0.3, -0.25) is 0 Å². The molecular weight excluding hydrogens is 374 g/mol. The molecule has 0 radical (unpaired) electrons. The van der Waals surface area contributed by atoms with Gasteiger partial charge >= 0.3 is 0 Å². The summed E-state index contributed by atoms with van der Waals surface area (Å²) in [5.74, 6) is 1.92. The molecule has 0 spiro atoms. The van der Waals surface area contributed by atoms with E-state index in [1.807, 2.05) is 31.2 Å². The molecule has 0 aliphatic heterocycles. The fourth-order valence-corrected chi connectivity index (χ4v) is 3.36. The maximum absolute atomic E-state index is 10.7. The van der Waals surface area contributed by atoms with Gasteiger partial charge in [0.2, 0.25) is 10.9 Å². The van der Waals surface area contributed by atoms with Crippen LogP contribution in [0.4, 0.5) is 0 Å². The van der Waals surface area contributed by atoms with Gasteiger partial charge in [0, 0.05) is 6.54 Å². The van der Waals surface area contributed by atoms with E-state index in [4.69, 9.17) is 9.47 Å². The monoisotopic (exact) mass is 403 g/mol. The van der Waals surface area contributed by atoms with E-state index >= 15 is 0 Å². The molecule has 0 aliphatic rings. The zero-order chi connectivity index (χ0) is 20.4. The second kappa shape index (κ2) is 11.5. The first-order valence-corrected chi connectivity index (χ1v) is 10.5. The van der Waals surface area contributed by atoms with Crippen LogP contribution in [-0.2, 0) is 23.7 Å². The third-order valence-electron chi connectivity index (χ3n) is 4.56. The summed E-state index contributed by atoms with van der Waals surface area (Å²) in [4.78, 5) is 0. The van der Waals surface area contributed by atoms with E-state index < -0.39 is 10.9 Å². The number of benzene rings is 2. The van der Waals surface area contributed by atoms with E-state index in [2.05, 4.69) is 35.1 Å². The lowest BCUT2D eigenvalue weighted by molar-refractivity contribution is 0.414. The minimum atomic E-state index is -2.54. The second-order valence-electron chi connectivity index (χ2n) is 6.87. The first-order valence-electron chi connectivity index (χ1n) is 9.31. The Labute approximate surface area is 169 Å². The van der Waals surface area contributed by atoms with Crippen molar-refractivity contribution in [3.8, 4) is 11.5 Å². The van der Waals surface area contributed by atoms with Crippen LogP contribution in [0.15, 0.2) is 60.2 Å². The Morgan fingerprint density at radius 3 is 1.79 bits per heavy atom. The van der Waals surface area contributed by atoms with Crippen LogP contribution in [0, 0.1) is 5.92 Å². The van der Waals surface area contributed by atoms with Crippen LogP contribution in [0.3, 0.4) is 0 Å². The number of rotatable bonds is 11. The van der Waals surface area contributed by atoms with Crippen LogP contribution in [0.5, 0.6) is 11.5 Å². The Morgan fingerprint density at radius 1 is 0.929 bits per heavy atom. The van der Waals surface area contributed by atoms with Crippen molar-refractivity contribution in [1.82, 2.24) is 4.72 Å². The highest BCUT2D eigenvalue weighted by atomic mass is 32.2. The van der Waals surface area contributed by atoms with Crippen LogP contribution in [0.2, 0.25) is 0 Å². The molecule has 0 aliphatic carbocycles. The predicted molar refractivity (Wildman–Crippen MR) is 114 cm³/mol. The lowest BCUT2D eigenvalue weighted by Gasteiger charge is -2.12. The summed E-state index contributed by atoms with van der Waals surface area (Å²) in [5.41, 5.74) is 3.73. The summed E-state index contributed by atoms with van der Waals surface area (Å²) in [6.07, 6.45) is 4.73. The Balaban J connectivity index is 2.11. The van der Waals surface area contributed by atoms with Gasteiger partial charge in [-0.15, -0.1) is 0 Å². The second-order valence-corrected chi connectivity index (χ2v) is 7.70. The zero-order valence-electron chi connectivity index (χ0n) is 16.7. The topological polar surface area (TPSA) is 64.6 Å². The first-order chi connectivity index (χ1) is 13.5. The van der Waals surface area contributed by atoms with Gasteiger partial charge in [-0.1, -0.05) is 42.8 Å². The molecule has 6 heteroatoms. The van der Waals surface area contributed by atoms with Crippen molar-refractivity contribution in [2.45, 2.75) is 26.2 Å². The minimum absolute atomic E-state index is 0.231. The quantitative estimate of drug-likeness (QED) is 0.445. The van der Waals surface area contributed by atoms with Gasteiger partial charge in [0.1, 0.15) is 11.5 Å². The highest BCUT2D eigenvalue weighted by Crippen LogP contribution is 2.20. The molecule has 0 heterocycles. The standard InChI is InChI=1S/C22H29NO4S/c1-17(16-23-28(24)25)4-5-20(14-18-6-10-21(26-2)11-7-18)15-19-8-12-22(27-3)13-9-19/h5-13,17,28H,4,14-16H2,1-3H3,(H,23,24,25). The van der Waals surface area contributed by atoms with Gasteiger partial charge < -0.3 is 9.47 Å². The number of allylic oxidation sites excluding steroid dienone is 2. The zero-order valence-corrected chi connectivity index (χ0v) is 17.6. The molecule has 2 rings (SSSR count). The SMILES string of the molecule is COc1ccc(CC(=CCC(C)CN[SH](=O)=O)Cc2ccc(OC)cc2)cc1. The maximum atomic E-state index is 10.7. The highest BCUT2D eigenvalue weighted by molar-refractivity contribution is 7.70. The van der Waals surface area contributed by atoms with Crippen molar-refractivity contribution in [3.63, 3.8) is 0 Å². The van der Waals surface area contributed by atoms with Crippen molar-refractivity contribution >= 4 is 10.9 Å². The van der Waals surface area contributed by atoms with E-state index in [-0.39, 0.29) is 5.92 Å². The molecule has 0 aromatic heterocycles. The largest absolute Gasteiger partial charge is 0.497 e. The van der Waals surface area contributed by atoms with E-state index in [9.17, 15) is 8.42 Å². The van der Waals surface area contributed by atoms with E-state index in [0.29, 0.717) is 6.54 Å². The molecule has 5 nitrogen and oxygen atoms in total. The average Bonchev–Trinajstić information content (AvgIpc) is 2.71. The normalized spacial score (nSPS) is 11.9. The van der Waals surface area contributed by atoms with Crippen molar-refractivity contribution in [2.75, 3.05) is 20.8 Å². The number of methoxy groups -OCH3 is 2. The number of hydrogen-bond donors (Lipinski definition) is 2. The molecule has 1 unspecified atom stereocenters. The van der Waals surface area contributed by atoms with Crippen LogP contribution in [-0.4, -0.2) is 29.2 Å². The molecule has 1 N–H and O–H groups in total. The van der Waals surface area contributed by atoms with Gasteiger partial charge in [-0.05, 0) is 60.6 Å². The Kier molecular flexibility index (Phi) is 9.04. The molecule has 28 heavy (non-hydrogen) atoms. The fourth-order valence-electron chi connectivity index (χ4n) is 2.90. The van der Waals surface area contributed by atoms with E-state index in [1.165, 1.54) is 16.7 Å². The van der Waals surface area contributed by atoms with Gasteiger partial charge in [-0.25, -0.2) is 13.1 Å². The molecular formula is C22H29NO4S. The molecule has 0 saturated carbocycles. The summed E-state index contributed by atoms with van der Waals surface area (Å²) in [6, 6.07) is 16.2. The minimum Gasteiger partial charge on any atom is -0.497 e. The summed E-state index contributed by atoms with van der Waals surface area (Å²) >= 11 is 0. The van der Waals surface area contributed by atoms with Gasteiger partial charge in [0.05, 0.1) is 14.2 Å². The third kappa shape index (κ3) is 7.74. The number of ether oxygens (including phenoxy) is 2. The van der Waals surface area contributed by atoms with Gasteiger partial charge in [0.25, 0.3) is 0 Å². The molecule has 0 bridgehead atoms. The highest BCUT2D eigenvalue weighted by Gasteiger charge is 2.06. The first kappa shape index (κ1) is 22.0. The number of hydrogen-bond acceptors (Lipinski definition) is 4. The molecule has 1 atom stereocenters. The summed E-state index contributed by atoms with van der Waals surface area (Å²) in [7, 11) is 0.781. The molecule has 2 aromatic rings. The van der Waals surface area contributed by atoms with Gasteiger partial charge in [-0.2, -0.15) is 0 Å². The van der Waals surface area contributed by atoms with Crippen LogP contribution in [0.1, 0.15) is 24.5 Å². The molecule has 152 valence electrons. The van der Waals surface area contributed by atoms with E-state index in [1.54, 1.807) is 14.2 Å². The molecule has 0 amide bonds. The summed E-state index contributed by atoms with van der Waals surface area (Å²) in [6.45, 7) is 2.49. The Hall–Kier alpha value is -2.31. The molecule has 0 fully saturated rings. The Morgan fingerprint density at radius 2 is 1.39 bits per heavy atom. The third-order valence-corrected chi connectivity index (χ3v) is 5.00. The van der Waals surface area contributed by atoms with Crippen LogP contribution in [0.25, 0.3) is 0 Å².